The normalized spacial score (nSPS) is 18.4. The molecule has 1 atom stereocenters. The van der Waals surface area contributed by atoms with Gasteiger partial charge in [0, 0.05) is 18.8 Å². The minimum absolute atomic E-state index is 0.159. The van der Waals surface area contributed by atoms with Gasteiger partial charge in [0.25, 0.3) is 5.91 Å². The number of hydrogen-bond acceptors (Lipinski definition) is 3. The van der Waals surface area contributed by atoms with E-state index in [4.69, 9.17) is 0 Å². The van der Waals surface area contributed by atoms with Crippen LogP contribution < -0.4 is 5.32 Å². The maximum Gasteiger partial charge on any atom is 0.275 e. The summed E-state index contributed by atoms with van der Waals surface area (Å²) in [6.45, 7) is 2.76. The summed E-state index contributed by atoms with van der Waals surface area (Å²) in [7, 11) is 0. The molecule has 0 radical (unpaired) electrons. The van der Waals surface area contributed by atoms with Crippen LogP contribution in [0.2, 0.25) is 0 Å². The van der Waals surface area contributed by atoms with Gasteiger partial charge in [-0.05, 0) is 18.6 Å². The number of nitrogens with zero attached hydrogens (tertiary/aromatic N) is 2. The van der Waals surface area contributed by atoms with E-state index in [-0.39, 0.29) is 11.8 Å². The van der Waals surface area contributed by atoms with Gasteiger partial charge in [0.2, 0.25) is 5.91 Å². The molecule has 21 heavy (non-hydrogen) atoms. The van der Waals surface area contributed by atoms with Gasteiger partial charge in [0.15, 0.2) is 0 Å². The van der Waals surface area contributed by atoms with Crippen LogP contribution in [0, 0.1) is 6.92 Å². The predicted octanol–water partition coefficient (Wildman–Crippen LogP) is 1.03. The zero-order valence-electron chi connectivity index (χ0n) is 11.7. The maximum atomic E-state index is 12.6. The third-order valence-corrected chi connectivity index (χ3v) is 3.51. The number of nitrogens with one attached hydrogen (secondary N) is 2. The molecular weight excluding hydrogens is 268 g/mol. The molecular formula is C15H16N4O2. The Morgan fingerprint density at radius 1 is 1.33 bits per heavy atom. The minimum atomic E-state index is -0.607. The highest BCUT2D eigenvalue weighted by Gasteiger charge is 2.35. The molecule has 2 heterocycles. The topological polar surface area (TPSA) is 78.1 Å². The summed E-state index contributed by atoms with van der Waals surface area (Å²) in [5.41, 5.74) is 1.95. The molecule has 2 N–H and O–H groups in total. The third kappa shape index (κ3) is 2.52. The zero-order valence-corrected chi connectivity index (χ0v) is 11.7. The Bertz CT molecular complexity index is 665. The van der Waals surface area contributed by atoms with E-state index in [1.165, 1.54) is 0 Å². The fourth-order valence-corrected chi connectivity index (χ4v) is 2.53. The smallest absolute Gasteiger partial charge is 0.275 e. The molecule has 1 saturated heterocycles. The number of H-pyrrole nitrogens is 1. The molecule has 1 aromatic carbocycles. The molecule has 0 aliphatic carbocycles. The average molecular weight is 284 g/mol. The molecule has 1 aliphatic rings. The Hall–Kier alpha value is -2.63. The van der Waals surface area contributed by atoms with E-state index in [0.29, 0.717) is 18.8 Å². The van der Waals surface area contributed by atoms with Gasteiger partial charge in [0.1, 0.15) is 11.7 Å². The molecule has 3 rings (SSSR count). The molecule has 1 fully saturated rings. The summed E-state index contributed by atoms with van der Waals surface area (Å²) in [5.74, 6) is -0.392. The summed E-state index contributed by atoms with van der Waals surface area (Å²) < 4.78 is 0. The van der Waals surface area contributed by atoms with E-state index in [1.807, 2.05) is 37.3 Å². The van der Waals surface area contributed by atoms with Crippen LogP contribution in [-0.4, -0.2) is 40.0 Å². The Morgan fingerprint density at radius 3 is 2.76 bits per heavy atom. The van der Waals surface area contributed by atoms with Crippen LogP contribution in [-0.2, 0) is 4.79 Å². The molecule has 6 heteroatoms. The number of benzene rings is 1. The summed E-state index contributed by atoms with van der Waals surface area (Å²) in [6, 6.07) is 10.4. The van der Waals surface area contributed by atoms with E-state index >= 15 is 0 Å². The SMILES string of the molecule is Cc1cc(C(=O)N2CCNC(=O)C2c2ccccc2)n[nH]1. The Kier molecular flexibility index (Phi) is 3.43. The number of hydrogen-bond donors (Lipinski definition) is 2. The van der Waals surface area contributed by atoms with Crippen LogP contribution in [0.25, 0.3) is 0 Å². The first-order valence-electron chi connectivity index (χ1n) is 6.82. The van der Waals surface area contributed by atoms with Gasteiger partial charge < -0.3 is 10.2 Å². The van der Waals surface area contributed by atoms with Gasteiger partial charge in [-0.15, -0.1) is 0 Å². The van der Waals surface area contributed by atoms with Crippen LogP contribution in [0.5, 0.6) is 0 Å². The Labute approximate surface area is 122 Å². The first-order chi connectivity index (χ1) is 10.2. The fraction of sp³-hybridized carbons (Fsp3) is 0.267. The second-order valence-corrected chi connectivity index (χ2v) is 5.04. The number of rotatable bonds is 2. The van der Waals surface area contributed by atoms with Crippen molar-refractivity contribution in [3.05, 3.63) is 53.3 Å². The van der Waals surface area contributed by atoms with Crippen molar-refractivity contribution in [2.45, 2.75) is 13.0 Å². The predicted molar refractivity (Wildman–Crippen MR) is 76.6 cm³/mol. The van der Waals surface area contributed by atoms with Crippen LogP contribution in [0.1, 0.15) is 27.8 Å². The van der Waals surface area contributed by atoms with Crippen LogP contribution >= 0.6 is 0 Å². The molecule has 1 unspecified atom stereocenters. The first kappa shape index (κ1) is 13.4. The highest BCUT2D eigenvalue weighted by molar-refractivity contribution is 5.97. The second kappa shape index (κ2) is 5.40. The maximum absolute atomic E-state index is 12.6. The first-order valence-corrected chi connectivity index (χ1v) is 6.82. The van der Waals surface area contributed by atoms with Crippen molar-refractivity contribution in [1.29, 1.82) is 0 Å². The van der Waals surface area contributed by atoms with Gasteiger partial charge in [-0.2, -0.15) is 5.10 Å². The number of amides is 2. The van der Waals surface area contributed by atoms with E-state index in [1.54, 1.807) is 11.0 Å². The van der Waals surface area contributed by atoms with Gasteiger partial charge >= 0.3 is 0 Å². The van der Waals surface area contributed by atoms with Crippen LogP contribution in [0.15, 0.2) is 36.4 Å². The molecule has 1 aromatic heterocycles. The number of carbonyl (C=O) groups excluding carboxylic acids is 2. The number of aryl methyl sites for hydroxylation is 1. The number of aromatic amines is 1. The molecule has 0 spiro atoms. The number of carbonyl (C=O) groups is 2. The molecule has 2 aromatic rings. The van der Waals surface area contributed by atoms with Crippen LogP contribution in [0.3, 0.4) is 0 Å². The van der Waals surface area contributed by atoms with Crippen molar-refractivity contribution in [1.82, 2.24) is 20.4 Å². The highest BCUT2D eigenvalue weighted by atomic mass is 16.2. The van der Waals surface area contributed by atoms with Gasteiger partial charge in [0.05, 0.1) is 0 Å². The van der Waals surface area contributed by atoms with E-state index < -0.39 is 6.04 Å². The van der Waals surface area contributed by atoms with Crippen molar-refractivity contribution < 1.29 is 9.59 Å². The van der Waals surface area contributed by atoms with Crippen LogP contribution in [0.4, 0.5) is 0 Å². The quantitative estimate of drug-likeness (QED) is 0.864. The standard InChI is InChI=1S/C15H16N4O2/c1-10-9-12(18-17-10)15(21)19-8-7-16-14(20)13(19)11-5-3-2-4-6-11/h2-6,9,13H,7-8H2,1H3,(H,16,20)(H,17,18). The van der Waals surface area contributed by atoms with Crippen molar-refractivity contribution >= 4 is 11.8 Å². The molecule has 1 aliphatic heterocycles. The lowest BCUT2D eigenvalue weighted by Gasteiger charge is -2.34. The zero-order chi connectivity index (χ0) is 14.8. The summed E-state index contributed by atoms with van der Waals surface area (Å²) in [5, 5.41) is 9.56. The monoisotopic (exact) mass is 284 g/mol. The van der Waals surface area contributed by atoms with E-state index in [2.05, 4.69) is 15.5 Å². The molecule has 0 bridgehead atoms. The van der Waals surface area contributed by atoms with E-state index in [0.717, 1.165) is 11.3 Å². The largest absolute Gasteiger partial charge is 0.352 e. The summed E-state index contributed by atoms with van der Waals surface area (Å²) in [6.07, 6.45) is 0. The lowest BCUT2D eigenvalue weighted by Crippen LogP contribution is -2.52. The number of aromatic nitrogens is 2. The molecule has 6 nitrogen and oxygen atoms in total. The van der Waals surface area contributed by atoms with Crippen molar-refractivity contribution in [2.24, 2.45) is 0 Å². The van der Waals surface area contributed by atoms with Gasteiger partial charge in [-0.3, -0.25) is 14.7 Å². The highest BCUT2D eigenvalue weighted by Crippen LogP contribution is 2.24. The number of piperazine rings is 1. The molecule has 2 amide bonds. The third-order valence-electron chi connectivity index (χ3n) is 3.51. The van der Waals surface area contributed by atoms with Crippen molar-refractivity contribution in [2.75, 3.05) is 13.1 Å². The van der Waals surface area contributed by atoms with Crippen molar-refractivity contribution in [3.8, 4) is 0 Å². The minimum Gasteiger partial charge on any atom is -0.352 e. The van der Waals surface area contributed by atoms with Gasteiger partial charge in [-0.25, -0.2) is 0 Å². The lowest BCUT2D eigenvalue weighted by atomic mass is 10.0. The Morgan fingerprint density at radius 2 is 2.10 bits per heavy atom. The lowest BCUT2D eigenvalue weighted by molar-refractivity contribution is -0.128. The molecule has 0 saturated carbocycles. The summed E-state index contributed by atoms with van der Waals surface area (Å²) >= 11 is 0. The van der Waals surface area contributed by atoms with Gasteiger partial charge in [-0.1, -0.05) is 30.3 Å². The fourth-order valence-electron chi connectivity index (χ4n) is 2.53. The van der Waals surface area contributed by atoms with Crippen molar-refractivity contribution in [3.63, 3.8) is 0 Å². The summed E-state index contributed by atoms with van der Waals surface area (Å²) in [4.78, 5) is 26.4. The Balaban J connectivity index is 1.94. The van der Waals surface area contributed by atoms with E-state index in [9.17, 15) is 9.59 Å². The molecule has 108 valence electrons. The second-order valence-electron chi connectivity index (χ2n) is 5.04. The average Bonchev–Trinajstić information content (AvgIpc) is 2.93.